The van der Waals surface area contributed by atoms with E-state index in [4.69, 9.17) is 27.9 Å². The largest absolute Gasteiger partial charge is 0.482 e. The number of nitrogens with one attached hydrogen (secondary N) is 1. The normalized spacial score (nSPS) is 9.76. The number of hydrogen-bond acceptors (Lipinski definition) is 2. The lowest BCUT2D eigenvalue weighted by atomic mass is 10.3. The Hall–Kier alpha value is -1.19. The van der Waals surface area contributed by atoms with Gasteiger partial charge in [-0.3, -0.25) is 4.79 Å². The fourth-order valence-corrected chi connectivity index (χ4v) is 1.56. The minimum Gasteiger partial charge on any atom is -0.482 e. The second-order valence-electron chi connectivity index (χ2n) is 3.29. The van der Waals surface area contributed by atoms with Crippen molar-refractivity contribution in [2.45, 2.75) is 6.42 Å². The van der Waals surface area contributed by atoms with E-state index in [0.717, 1.165) is 6.42 Å². The van der Waals surface area contributed by atoms with Crippen LogP contribution in [-0.2, 0) is 4.79 Å². The van der Waals surface area contributed by atoms with Gasteiger partial charge in [0.05, 0.1) is 5.02 Å². The lowest BCUT2D eigenvalue weighted by Gasteiger charge is -2.08. The summed E-state index contributed by atoms with van der Waals surface area (Å²) in [5.74, 6) is 0.243. The molecule has 5 heteroatoms. The molecule has 0 aliphatic rings. The topological polar surface area (TPSA) is 38.3 Å². The van der Waals surface area contributed by atoms with Gasteiger partial charge in [-0.2, -0.15) is 0 Å². The highest BCUT2D eigenvalue weighted by Crippen LogP contribution is 2.27. The molecule has 0 atom stereocenters. The van der Waals surface area contributed by atoms with E-state index in [2.05, 4.69) is 11.9 Å². The maximum absolute atomic E-state index is 11.3. The maximum atomic E-state index is 11.3. The van der Waals surface area contributed by atoms with Crippen molar-refractivity contribution in [1.29, 1.82) is 0 Å². The van der Waals surface area contributed by atoms with E-state index in [0.29, 0.717) is 22.3 Å². The predicted octanol–water partition coefficient (Wildman–Crippen LogP) is 3.06. The average molecular weight is 274 g/mol. The average Bonchev–Trinajstić information content (AvgIpc) is 2.28. The molecule has 1 amide bonds. The van der Waals surface area contributed by atoms with E-state index >= 15 is 0 Å². The molecule has 0 radical (unpaired) electrons. The molecule has 0 aliphatic heterocycles. The first-order valence-electron chi connectivity index (χ1n) is 5.09. The fourth-order valence-electron chi connectivity index (χ4n) is 1.10. The number of ether oxygens (including phenoxy) is 1. The van der Waals surface area contributed by atoms with Crippen LogP contribution in [0.5, 0.6) is 5.75 Å². The number of carbonyl (C=O) groups excluding carboxylic acids is 1. The van der Waals surface area contributed by atoms with Crippen molar-refractivity contribution in [3.63, 3.8) is 0 Å². The Bertz CT molecular complexity index is 407. The van der Waals surface area contributed by atoms with Crippen molar-refractivity contribution < 1.29 is 9.53 Å². The molecule has 1 aromatic carbocycles. The van der Waals surface area contributed by atoms with Gasteiger partial charge in [-0.25, -0.2) is 0 Å². The van der Waals surface area contributed by atoms with Gasteiger partial charge in [-0.15, -0.1) is 6.58 Å². The van der Waals surface area contributed by atoms with E-state index in [1.807, 2.05) is 0 Å². The van der Waals surface area contributed by atoms with Crippen LogP contribution in [0.3, 0.4) is 0 Å². The number of amides is 1. The summed E-state index contributed by atoms with van der Waals surface area (Å²) in [5, 5.41) is 3.59. The Morgan fingerprint density at radius 2 is 2.24 bits per heavy atom. The first-order chi connectivity index (χ1) is 8.13. The predicted molar refractivity (Wildman–Crippen MR) is 69.8 cm³/mol. The van der Waals surface area contributed by atoms with Gasteiger partial charge in [0.15, 0.2) is 6.61 Å². The number of halogens is 2. The zero-order valence-corrected chi connectivity index (χ0v) is 10.7. The van der Waals surface area contributed by atoms with Crippen LogP contribution in [0, 0.1) is 0 Å². The summed E-state index contributed by atoms with van der Waals surface area (Å²) >= 11 is 11.6. The molecular weight excluding hydrogens is 261 g/mol. The minimum absolute atomic E-state index is 0.0709. The molecule has 1 aromatic rings. The number of rotatable bonds is 6. The van der Waals surface area contributed by atoms with Gasteiger partial charge < -0.3 is 10.1 Å². The molecule has 3 nitrogen and oxygen atoms in total. The monoisotopic (exact) mass is 273 g/mol. The molecule has 0 saturated heterocycles. The molecule has 1 rings (SSSR count). The standard InChI is InChI=1S/C12H13Cl2NO2/c1-2-3-6-15-12(16)8-17-11-5-4-9(13)7-10(11)14/h2,4-5,7H,1,3,6,8H2,(H,15,16). The van der Waals surface area contributed by atoms with Gasteiger partial charge in [0, 0.05) is 11.6 Å². The van der Waals surface area contributed by atoms with Crippen LogP contribution in [0.4, 0.5) is 0 Å². The quantitative estimate of drug-likeness (QED) is 0.639. The maximum Gasteiger partial charge on any atom is 0.257 e. The van der Waals surface area contributed by atoms with Crippen LogP contribution in [0.2, 0.25) is 10.0 Å². The summed E-state index contributed by atoms with van der Waals surface area (Å²) in [7, 11) is 0. The van der Waals surface area contributed by atoms with Crippen molar-refractivity contribution in [3.8, 4) is 5.75 Å². The van der Waals surface area contributed by atoms with Crippen LogP contribution in [0.1, 0.15) is 6.42 Å². The molecular formula is C12H13Cl2NO2. The first kappa shape index (κ1) is 13.9. The molecule has 0 unspecified atom stereocenters. The molecule has 0 aliphatic carbocycles. The third-order valence-corrected chi connectivity index (χ3v) is 2.45. The van der Waals surface area contributed by atoms with E-state index in [1.165, 1.54) is 0 Å². The van der Waals surface area contributed by atoms with Gasteiger partial charge in [0.25, 0.3) is 5.91 Å². The van der Waals surface area contributed by atoms with Crippen LogP contribution >= 0.6 is 23.2 Å². The summed E-state index contributed by atoms with van der Waals surface area (Å²) in [4.78, 5) is 11.3. The number of hydrogen-bond donors (Lipinski definition) is 1. The molecule has 0 saturated carbocycles. The minimum atomic E-state index is -0.196. The molecule has 0 spiro atoms. The SMILES string of the molecule is C=CCCNC(=O)COc1ccc(Cl)cc1Cl. The summed E-state index contributed by atoms with van der Waals surface area (Å²) < 4.78 is 5.26. The van der Waals surface area contributed by atoms with Crippen molar-refractivity contribution in [3.05, 3.63) is 40.9 Å². The summed E-state index contributed by atoms with van der Waals surface area (Å²) in [6, 6.07) is 4.84. The summed E-state index contributed by atoms with van der Waals surface area (Å²) in [5.41, 5.74) is 0. The molecule has 0 aromatic heterocycles. The van der Waals surface area contributed by atoms with Crippen LogP contribution in [0.15, 0.2) is 30.9 Å². The molecule has 1 N–H and O–H groups in total. The van der Waals surface area contributed by atoms with Crippen LogP contribution < -0.4 is 10.1 Å². The van der Waals surface area contributed by atoms with Gasteiger partial charge in [-0.1, -0.05) is 29.3 Å². The third-order valence-electron chi connectivity index (χ3n) is 1.92. The Labute approximate surface area is 110 Å². The molecule has 17 heavy (non-hydrogen) atoms. The van der Waals surface area contributed by atoms with Crippen LogP contribution in [-0.4, -0.2) is 19.1 Å². The summed E-state index contributed by atoms with van der Waals surface area (Å²) in [6.45, 7) is 4.04. The first-order valence-corrected chi connectivity index (χ1v) is 5.84. The lowest BCUT2D eigenvalue weighted by molar-refractivity contribution is -0.123. The third kappa shape index (κ3) is 5.11. The zero-order valence-electron chi connectivity index (χ0n) is 9.21. The Kier molecular flexibility index (Phi) is 5.87. The second-order valence-corrected chi connectivity index (χ2v) is 4.13. The van der Waals surface area contributed by atoms with Crippen molar-refractivity contribution in [2.24, 2.45) is 0 Å². The number of carbonyl (C=O) groups is 1. The van der Waals surface area contributed by atoms with E-state index < -0.39 is 0 Å². The van der Waals surface area contributed by atoms with E-state index in [9.17, 15) is 4.79 Å². The Balaban J connectivity index is 2.39. The Morgan fingerprint density at radius 3 is 2.88 bits per heavy atom. The summed E-state index contributed by atoms with van der Waals surface area (Å²) in [6.07, 6.45) is 2.46. The fraction of sp³-hybridized carbons (Fsp3) is 0.250. The van der Waals surface area contributed by atoms with Gasteiger partial charge in [-0.05, 0) is 24.6 Å². The van der Waals surface area contributed by atoms with E-state index in [1.54, 1.807) is 24.3 Å². The molecule has 0 bridgehead atoms. The molecule has 0 fully saturated rings. The second kappa shape index (κ2) is 7.20. The highest BCUT2D eigenvalue weighted by Gasteiger charge is 2.05. The van der Waals surface area contributed by atoms with Gasteiger partial charge in [0.2, 0.25) is 0 Å². The van der Waals surface area contributed by atoms with E-state index in [-0.39, 0.29) is 12.5 Å². The van der Waals surface area contributed by atoms with Crippen LogP contribution in [0.25, 0.3) is 0 Å². The van der Waals surface area contributed by atoms with Crippen molar-refractivity contribution >= 4 is 29.1 Å². The molecule has 92 valence electrons. The van der Waals surface area contributed by atoms with Crippen molar-refractivity contribution in [1.82, 2.24) is 5.32 Å². The lowest BCUT2D eigenvalue weighted by Crippen LogP contribution is -2.29. The van der Waals surface area contributed by atoms with Crippen molar-refractivity contribution in [2.75, 3.05) is 13.2 Å². The van der Waals surface area contributed by atoms with Gasteiger partial charge in [0.1, 0.15) is 5.75 Å². The zero-order chi connectivity index (χ0) is 12.7. The highest BCUT2D eigenvalue weighted by atomic mass is 35.5. The highest BCUT2D eigenvalue weighted by molar-refractivity contribution is 6.35. The smallest absolute Gasteiger partial charge is 0.257 e. The van der Waals surface area contributed by atoms with Gasteiger partial charge >= 0.3 is 0 Å². The Morgan fingerprint density at radius 1 is 1.47 bits per heavy atom. The number of benzene rings is 1. The molecule has 0 heterocycles.